The Hall–Kier alpha value is -3.25. The number of carboxylic acids is 1. The van der Waals surface area contributed by atoms with Crippen molar-refractivity contribution in [2.45, 2.75) is 77.0 Å². The van der Waals surface area contributed by atoms with Crippen molar-refractivity contribution in [1.29, 1.82) is 0 Å². The topological polar surface area (TPSA) is 62.7 Å². The normalized spacial score (nSPS) is 20.3. The Morgan fingerprint density at radius 3 is 2.62 bits per heavy atom. The van der Waals surface area contributed by atoms with Crippen LogP contribution >= 0.6 is 0 Å². The van der Waals surface area contributed by atoms with Crippen molar-refractivity contribution >= 4 is 5.97 Å². The van der Waals surface area contributed by atoms with Crippen LogP contribution in [0.2, 0.25) is 0 Å². The predicted octanol–water partition coefficient (Wildman–Crippen LogP) is 7.07. The number of ether oxygens (including phenoxy) is 1. The lowest BCUT2D eigenvalue weighted by Gasteiger charge is -2.29. The summed E-state index contributed by atoms with van der Waals surface area (Å²) in [5.74, 6) is -0.161. The molecule has 3 atom stereocenters. The van der Waals surface area contributed by atoms with Gasteiger partial charge in [0.25, 0.3) is 0 Å². The molecule has 1 N–H and O–H groups in total. The molecule has 3 aliphatic rings. The highest BCUT2D eigenvalue weighted by molar-refractivity contribution is 5.71. The summed E-state index contributed by atoms with van der Waals surface area (Å²) in [6.07, 6.45) is 7.57. The molecule has 6 heteroatoms. The number of benzene rings is 2. The van der Waals surface area contributed by atoms with Crippen molar-refractivity contribution in [2.24, 2.45) is 11.8 Å². The van der Waals surface area contributed by atoms with Crippen molar-refractivity contribution in [3.8, 4) is 16.9 Å². The Bertz CT molecular complexity index is 1400. The summed E-state index contributed by atoms with van der Waals surface area (Å²) in [4.78, 5) is 18.3. The molecule has 2 fully saturated rings. The van der Waals surface area contributed by atoms with E-state index in [0.717, 1.165) is 65.9 Å². The maximum Gasteiger partial charge on any atom is 0.306 e. The fourth-order valence-corrected chi connectivity index (χ4v) is 6.28. The molecule has 5 nitrogen and oxygen atoms in total. The van der Waals surface area contributed by atoms with Crippen molar-refractivity contribution < 1.29 is 19.0 Å². The minimum absolute atomic E-state index is 0.0133. The van der Waals surface area contributed by atoms with Crippen molar-refractivity contribution in [2.75, 3.05) is 7.05 Å². The molecule has 2 saturated carbocycles. The molecule has 2 aromatic carbocycles. The second-order valence-electron chi connectivity index (χ2n) is 11.9. The van der Waals surface area contributed by atoms with Crippen LogP contribution in [0, 0.1) is 24.6 Å². The van der Waals surface area contributed by atoms with Gasteiger partial charge in [0.2, 0.25) is 0 Å². The van der Waals surface area contributed by atoms with E-state index in [1.165, 1.54) is 24.6 Å². The summed E-state index contributed by atoms with van der Waals surface area (Å²) in [6, 6.07) is 15.1. The van der Waals surface area contributed by atoms with E-state index in [-0.39, 0.29) is 17.8 Å². The average molecular weight is 529 g/mol. The fourth-order valence-electron chi connectivity index (χ4n) is 6.28. The van der Waals surface area contributed by atoms with E-state index in [1.54, 1.807) is 0 Å². The summed E-state index contributed by atoms with van der Waals surface area (Å²) >= 11 is 0. The summed E-state index contributed by atoms with van der Waals surface area (Å²) in [7, 11) is 2.14. The Morgan fingerprint density at radius 2 is 1.90 bits per heavy atom. The first kappa shape index (κ1) is 26.0. The number of carbonyl (C=O) groups is 1. The second kappa shape index (κ2) is 10.4. The molecule has 0 radical (unpaired) electrons. The number of halogens is 1. The second-order valence-corrected chi connectivity index (χ2v) is 11.9. The maximum atomic E-state index is 14.9. The molecule has 2 aliphatic carbocycles. The molecule has 2 heterocycles. The van der Waals surface area contributed by atoms with Crippen LogP contribution in [0.15, 0.2) is 48.7 Å². The first-order valence-electron chi connectivity index (χ1n) is 14.3. The Kier molecular flexibility index (Phi) is 6.92. The third-order valence-corrected chi connectivity index (χ3v) is 8.85. The minimum Gasteiger partial charge on any atom is -0.485 e. The molecule has 0 spiro atoms. The SMILES string of the molecule is Cc1cc(-c2ccc(C3CCc4ccc([C@H](C5CC5)[C@H](C)C(=O)O)cc4O3)cc2CN(C)C2CC2)c(F)cn1. The van der Waals surface area contributed by atoms with Gasteiger partial charge in [-0.25, -0.2) is 4.39 Å². The molecule has 204 valence electrons. The van der Waals surface area contributed by atoms with Crippen molar-refractivity contribution in [3.05, 3.63) is 82.4 Å². The zero-order valence-electron chi connectivity index (χ0n) is 23.0. The predicted molar refractivity (Wildman–Crippen MR) is 149 cm³/mol. The average Bonchev–Trinajstić information content (AvgIpc) is 3.84. The van der Waals surface area contributed by atoms with Gasteiger partial charge in [-0.15, -0.1) is 0 Å². The van der Waals surface area contributed by atoms with E-state index in [4.69, 9.17) is 4.74 Å². The highest BCUT2D eigenvalue weighted by Gasteiger charge is 2.39. The summed E-state index contributed by atoms with van der Waals surface area (Å²) in [5, 5.41) is 9.72. The van der Waals surface area contributed by atoms with E-state index in [9.17, 15) is 14.3 Å². The third kappa shape index (κ3) is 5.44. The van der Waals surface area contributed by atoms with Gasteiger partial charge in [-0.3, -0.25) is 14.7 Å². The number of hydrogen-bond acceptors (Lipinski definition) is 4. The molecule has 1 aromatic heterocycles. The number of aromatic nitrogens is 1. The fraction of sp³-hybridized carbons (Fsp3) is 0.455. The number of nitrogens with zero attached hydrogens (tertiary/aromatic N) is 2. The zero-order valence-corrected chi connectivity index (χ0v) is 23.0. The smallest absolute Gasteiger partial charge is 0.306 e. The van der Waals surface area contributed by atoms with Crippen LogP contribution in [0.1, 0.15) is 79.0 Å². The van der Waals surface area contributed by atoms with Gasteiger partial charge in [-0.1, -0.05) is 37.3 Å². The molecule has 3 aromatic rings. The molecule has 0 saturated heterocycles. The highest BCUT2D eigenvalue weighted by atomic mass is 19.1. The monoisotopic (exact) mass is 528 g/mol. The summed E-state index contributed by atoms with van der Waals surface area (Å²) in [6.45, 7) is 4.46. The van der Waals surface area contributed by atoms with Gasteiger partial charge in [0.05, 0.1) is 12.1 Å². The molecule has 0 amide bonds. The van der Waals surface area contributed by atoms with E-state index in [0.29, 0.717) is 17.5 Å². The lowest BCUT2D eigenvalue weighted by Crippen LogP contribution is -2.22. The van der Waals surface area contributed by atoms with Gasteiger partial charge in [-0.05, 0) is 104 Å². The van der Waals surface area contributed by atoms with Gasteiger partial charge >= 0.3 is 5.97 Å². The number of fused-ring (bicyclic) bond motifs is 1. The van der Waals surface area contributed by atoms with Crippen LogP contribution in [-0.2, 0) is 17.8 Å². The van der Waals surface area contributed by atoms with Gasteiger partial charge in [0.1, 0.15) is 17.7 Å². The summed E-state index contributed by atoms with van der Waals surface area (Å²) in [5.41, 5.74) is 6.72. The number of aryl methyl sites for hydroxylation is 2. The van der Waals surface area contributed by atoms with E-state index in [2.05, 4.69) is 47.3 Å². The van der Waals surface area contributed by atoms with Crippen LogP contribution in [0.4, 0.5) is 4.39 Å². The molecule has 0 bridgehead atoms. The molecular formula is C33H37FN2O3. The van der Waals surface area contributed by atoms with Crippen molar-refractivity contribution in [3.63, 3.8) is 0 Å². The Labute approximate surface area is 230 Å². The molecule has 39 heavy (non-hydrogen) atoms. The number of carboxylic acid groups (broad SMARTS) is 1. The number of hydrogen-bond donors (Lipinski definition) is 1. The van der Waals surface area contributed by atoms with E-state index >= 15 is 0 Å². The van der Waals surface area contributed by atoms with Gasteiger partial charge < -0.3 is 9.84 Å². The van der Waals surface area contributed by atoms with E-state index < -0.39 is 11.9 Å². The molecule has 1 unspecified atom stereocenters. The number of rotatable bonds is 9. The standard InChI is InChI=1S/C33H37FN2O3/c1-19-14-28(29(34)17-35-19)27-12-8-23(15-25(27)18-36(3)26-10-11-26)30-13-9-21-4-7-24(16-31(21)39-30)32(22-5-6-22)20(2)33(37)38/h4,7-8,12,14-17,20,22,26,30,32H,5-6,9-11,13,18H2,1-3H3,(H,37,38)/t20-,30?,32-/m0/s1. The molecule has 1 aliphatic heterocycles. The lowest BCUT2D eigenvalue weighted by atomic mass is 9.82. The van der Waals surface area contributed by atoms with E-state index in [1.807, 2.05) is 26.0 Å². The summed E-state index contributed by atoms with van der Waals surface area (Å²) < 4.78 is 21.5. The van der Waals surface area contributed by atoms with Crippen LogP contribution in [-0.4, -0.2) is 34.0 Å². The van der Waals surface area contributed by atoms with Crippen LogP contribution in [0.3, 0.4) is 0 Å². The molecule has 6 rings (SSSR count). The van der Waals surface area contributed by atoms with Gasteiger partial charge in [0, 0.05) is 23.8 Å². The van der Waals surface area contributed by atoms with Gasteiger partial charge in [-0.2, -0.15) is 0 Å². The highest BCUT2D eigenvalue weighted by Crippen LogP contribution is 2.48. The first-order chi connectivity index (χ1) is 18.8. The van der Waals surface area contributed by atoms with Gasteiger partial charge in [0.15, 0.2) is 0 Å². The lowest BCUT2D eigenvalue weighted by molar-refractivity contribution is -0.142. The Morgan fingerprint density at radius 1 is 1.10 bits per heavy atom. The zero-order chi connectivity index (χ0) is 27.3. The van der Waals surface area contributed by atoms with Crippen LogP contribution in [0.5, 0.6) is 5.75 Å². The minimum atomic E-state index is -0.743. The largest absolute Gasteiger partial charge is 0.485 e. The third-order valence-electron chi connectivity index (χ3n) is 8.85. The Balaban J connectivity index is 1.31. The van der Waals surface area contributed by atoms with Crippen molar-refractivity contribution in [1.82, 2.24) is 9.88 Å². The quantitative estimate of drug-likeness (QED) is 0.322. The molecular weight excluding hydrogens is 491 g/mol. The van der Waals surface area contributed by atoms with Crippen LogP contribution in [0.25, 0.3) is 11.1 Å². The van der Waals surface area contributed by atoms with Crippen LogP contribution < -0.4 is 4.74 Å². The number of aliphatic carboxylic acids is 1. The first-order valence-corrected chi connectivity index (χ1v) is 14.3. The number of pyridine rings is 1. The maximum absolute atomic E-state index is 14.9.